The van der Waals surface area contributed by atoms with Crippen molar-refractivity contribution in [2.75, 3.05) is 13.1 Å². The Labute approximate surface area is 87.9 Å². The summed E-state index contributed by atoms with van der Waals surface area (Å²) < 4.78 is 1.83. The summed E-state index contributed by atoms with van der Waals surface area (Å²) in [6, 6.07) is 10.1. The first kappa shape index (κ1) is 8.61. The van der Waals surface area contributed by atoms with E-state index in [4.69, 9.17) is 0 Å². The Balaban J connectivity index is 1.90. The van der Waals surface area contributed by atoms with E-state index in [1.165, 1.54) is 0 Å². The fourth-order valence-corrected chi connectivity index (χ4v) is 1.67. The van der Waals surface area contributed by atoms with Crippen LogP contribution in [0.3, 0.4) is 0 Å². The van der Waals surface area contributed by atoms with Gasteiger partial charge in [0.1, 0.15) is 0 Å². The minimum atomic E-state index is 0.544. The predicted octanol–water partition coefficient (Wildman–Crippen LogP) is 0.954. The third-order valence-electron chi connectivity index (χ3n) is 2.73. The Morgan fingerprint density at radius 2 is 2.00 bits per heavy atom. The highest BCUT2D eigenvalue weighted by Crippen LogP contribution is 2.17. The number of benzene rings is 1. The van der Waals surface area contributed by atoms with Gasteiger partial charge in [-0.15, -0.1) is 5.10 Å². The molecule has 1 fully saturated rings. The highest BCUT2D eigenvalue weighted by atomic mass is 15.4. The zero-order chi connectivity index (χ0) is 10.1. The second-order valence-corrected chi connectivity index (χ2v) is 3.78. The minimum absolute atomic E-state index is 0.544. The van der Waals surface area contributed by atoms with Crippen molar-refractivity contribution < 1.29 is 0 Å². The number of nitrogens with one attached hydrogen (secondary N) is 1. The second-order valence-electron chi connectivity index (χ2n) is 3.78. The van der Waals surface area contributed by atoms with Crippen molar-refractivity contribution in [3.8, 4) is 5.69 Å². The van der Waals surface area contributed by atoms with E-state index >= 15 is 0 Å². The van der Waals surface area contributed by atoms with E-state index in [2.05, 4.69) is 15.6 Å². The molecule has 0 unspecified atom stereocenters. The molecule has 76 valence electrons. The lowest BCUT2D eigenvalue weighted by Crippen LogP contribution is -2.40. The smallest absolute Gasteiger partial charge is 0.0888 e. The van der Waals surface area contributed by atoms with Crippen LogP contribution in [0.4, 0.5) is 0 Å². The van der Waals surface area contributed by atoms with E-state index in [0.29, 0.717) is 5.92 Å². The SMILES string of the molecule is c1ccc(-n2cc(C3CNC3)nn2)cc1. The van der Waals surface area contributed by atoms with E-state index in [0.717, 1.165) is 24.5 Å². The maximum absolute atomic E-state index is 4.19. The molecule has 1 aromatic carbocycles. The quantitative estimate of drug-likeness (QED) is 0.785. The highest BCUT2D eigenvalue weighted by molar-refractivity contribution is 5.30. The van der Waals surface area contributed by atoms with Crippen molar-refractivity contribution in [2.24, 2.45) is 0 Å². The number of nitrogens with zero attached hydrogens (tertiary/aromatic N) is 3. The van der Waals surface area contributed by atoms with Gasteiger partial charge in [0.25, 0.3) is 0 Å². The molecule has 0 radical (unpaired) electrons. The number of para-hydroxylation sites is 1. The maximum atomic E-state index is 4.19. The van der Waals surface area contributed by atoms with Crippen LogP contribution in [0.1, 0.15) is 11.6 Å². The molecule has 1 aromatic heterocycles. The lowest BCUT2D eigenvalue weighted by Gasteiger charge is -2.24. The summed E-state index contributed by atoms with van der Waals surface area (Å²) >= 11 is 0. The average Bonchev–Trinajstić information content (AvgIpc) is 2.66. The zero-order valence-electron chi connectivity index (χ0n) is 8.30. The molecule has 1 aliphatic heterocycles. The van der Waals surface area contributed by atoms with E-state index in [1.54, 1.807) is 0 Å². The molecule has 3 rings (SSSR count). The predicted molar refractivity (Wildman–Crippen MR) is 57.0 cm³/mol. The minimum Gasteiger partial charge on any atom is -0.315 e. The second kappa shape index (κ2) is 3.47. The standard InChI is InChI=1S/C11H12N4/c1-2-4-10(5-3-1)15-8-11(13-14-15)9-6-12-7-9/h1-5,8-9,12H,6-7H2. The molecule has 1 saturated heterocycles. The van der Waals surface area contributed by atoms with Gasteiger partial charge in [-0.25, -0.2) is 4.68 Å². The van der Waals surface area contributed by atoms with Crippen LogP contribution in [0.15, 0.2) is 36.5 Å². The van der Waals surface area contributed by atoms with Gasteiger partial charge in [0, 0.05) is 19.0 Å². The summed E-state index contributed by atoms with van der Waals surface area (Å²) in [5, 5.41) is 11.5. The summed E-state index contributed by atoms with van der Waals surface area (Å²) in [5.74, 6) is 0.544. The molecule has 0 spiro atoms. The Kier molecular flexibility index (Phi) is 1.99. The van der Waals surface area contributed by atoms with Gasteiger partial charge in [0.15, 0.2) is 0 Å². The molecule has 0 atom stereocenters. The van der Waals surface area contributed by atoms with Gasteiger partial charge < -0.3 is 5.32 Å². The normalized spacial score (nSPS) is 16.3. The Hall–Kier alpha value is -1.68. The summed E-state index contributed by atoms with van der Waals surface area (Å²) in [6.45, 7) is 2.04. The van der Waals surface area contributed by atoms with Gasteiger partial charge >= 0.3 is 0 Å². The maximum Gasteiger partial charge on any atom is 0.0888 e. The Morgan fingerprint density at radius 3 is 2.67 bits per heavy atom. The van der Waals surface area contributed by atoms with E-state index < -0.39 is 0 Å². The fraction of sp³-hybridized carbons (Fsp3) is 0.273. The lowest BCUT2D eigenvalue weighted by molar-refractivity contribution is 0.439. The number of hydrogen-bond acceptors (Lipinski definition) is 3. The lowest BCUT2D eigenvalue weighted by atomic mass is 10.0. The zero-order valence-corrected chi connectivity index (χ0v) is 8.30. The van der Waals surface area contributed by atoms with E-state index in [9.17, 15) is 0 Å². The van der Waals surface area contributed by atoms with Crippen LogP contribution in [-0.4, -0.2) is 28.1 Å². The number of hydrogen-bond donors (Lipinski definition) is 1. The van der Waals surface area contributed by atoms with Crippen LogP contribution in [0.25, 0.3) is 5.69 Å². The van der Waals surface area contributed by atoms with Crippen LogP contribution in [0.2, 0.25) is 0 Å². The summed E-state index contributed by atoms with van der Waals surface area (Å²) in [6.07, 6.45) is 2.01. The molecular weight excluding hydrogens is 188 g/mol. The average molecular weight is 200 g/mol. The first-order chi connectivity index (χ1) is 7.43. The van der Waals surface area contributed by atoms with Crippen LogP contribution in [0.5, 0.6) is 0 Å². The topological polar surface area (TPSA) is 42.7 Å². The molecule has 15 heavy (non-hydrogen) atoms. The van der Waals surface area contributed by atoms with Gasteiger partial charge in [-0.05, 0) is 12.1 Å². The summed E-state index contributed by atoms with van der Waals surface area (Å²) in [4.78, 5) is 0. The molecule has 4 nitrogen and oxygen atoms in total. The van der Waals surface area contributed by atoms with Crippen molar-refractivity contribution in [2.45, 2.75) is 5.92 Å². The van der Waals surface area contributed by atoms with Crippen molar-refractivity contribution in [3.63, 3.8) is 0 Å². The summed E-state index contributed by atoms with van der Waals surface area (Å²) in [5.41, 5.74) is 2.14. The monoisotopic (exact) mass is 200 g/mol. The molecular formula is C11H12N4. The molecule has 2 aromatic rings. The van der Waals surface area contributed by atoms with Gasteiger partial charge in [-0.3, -0.25) is 0 Å². The van der Waals surface area contributed by atoms with Gasteiger partial charge in [0.2, 0.25) is 0 Å². The highest BCUT2D eigenvalue weighted by Gasteiger charge is 2.21. The van der Waals surface area contributed by atoms with Gasteiger partial charge in [-0.1, -0.05) is 23.4 Å². The largest absolute Gasteiger partial charge is 0.315 e. The third-order valence-corrected chi connectivity index (χ3v) is 2.73. The summed E-state index contributed by atoms with van der Waals surface area (Å²) in [7, 11) is 0. The van der Waals surface area contributed by atoms with Gasteiger partial charge in [0.05, 0.1) is 17.6 Å². The molecule has 1 aliphatic rings. The van der Waals surface area contributed by atoms with E-state index in [1.807, 2.05) is 41.2 Å². The Morgan fingerprint density at radius 1 is 1.20 bits per heavy atom. The van der Waals surface area contributed by atoms with Crippen LogP contribution >= 0.6 is 0 Å². The van der Waals surface area contributed by atoms with Crippen molar-refractivity contribution in [1.29, 1.82) is 0 Å². The van der Waals surface area contributed by atoms with Crippen LogP contribution < -0.4 is 5.32 Å². The Bertz CT molecular complexity index is 445. The molecule has 0 bridgehead atoms. The van der Waals surface area contributed by atoms with Crippen LogP contribution in [-0.2, 0) is 0 Å². The molecule has 4 heteroatoms. The van der Waals surface area contributed by atoms with Crippen molar-refractivity contribution in [1.82, 2.24) is 20.3 Å². The molecule has 2 heterocycles. The molecule has 0 amide bonds. The van der Waals surface area contributed by atoms with Crippen LogP contribution in [0, 0.1) is 0 Å². The fourth-order valence-electron chi connectivity index (χ4n) is 1.67. The van der Waals surface area contributed by atoms with E-state index in [-0.39, 0.29) is 0 Å². The molecule has 1 N–H and O–H groups in total. The molecule has 0 aliphatic carbocycles. The first-order valence-electron chi connectivity index (χ1n) is 5.12. The van der Waals surface area contributed by atoms with Gasteiger partial charge in [-0.2, -0.15) is 0 Å². The van der Waals surface area contributed by atoms with Crippen molar-refractivity contribution >= 4 is 0 Å². The number of rotatable bonds is 2. The third kappa shape index (κ3) is 1.53. The number of aromatic nitrogens is 3. The first-order valence-corrected chi connectivity index (χ1v) is 5.12. The molecule has 0 saturated carbocycles. The van der Waals surface area contributed by atoms with Crippen molar-refractivity contribution in [3.05, 3.63) is 42.2 Å².